The van der Waals surface area contributed by atoms with E-state index in [9.17, 15) is 13.6 Å². The number of nitrogens with one attached hydrogen (secondary N) is 1. The second kappa shape index (κ2) is 10.3. The monoisotopic (exact) mass is 369 g/mol. The van der Waals surface area contributed by atoms with E-state index in [0.29, 0.717) is 24.4 Å². The Hall–Kier alpha value is -1.85. The van der Waals surface area contributed by atoms with Gasteiger partial charge in [0.05, 0.1) is 11.4 Å². The third-order valence-corrected chi connectivity index (χ3v) is 4.74. The van der Waals surface area contributed by atoms with E-state index in [1.807, 2.05) is 19.1 Å². The first-order valence-corrected chi connectivity index (χ1v) is 9.41. The van der Waals surface area contributed by atoms with Gasteiger partial charge in [-0.05, 0) is 43.9 Å². The van der Waals surface area contributed by atoms with Crippen molar-refractivity contribution in [2.24, 2.45) is 5.92 Å². The van der Waals surface area contributed by atoms with Crippen LogP contribution in [0.2, 0.25) is 0 Å². The van der Waals surface area contributed by atoms with Crippen LogP contribution in [-0.2, 0) is 4.79 Å². The fourth-order valence-electron chi connectivity index (χ4n) is 2.98. The minimum Gasteiger partial charge on any atom is -0.397 e. The number of halogens is 2. The molecule has 1 aliphatic carbocycles. The van der Waals surface area contributed by atoms with Crippen LogP contribution < -0.4 is 16.0 Å². The van der Waals surface area contributed by atoms with Crippen LogP contribution >= 0.6 is 0 Å². The molecule has 0 unspecified atom stereocenters. The van der Waals surface area contributed by atoms with Crippen LogP contribution in [0.3, 0.4) is 0 Å². The zero-order valence-corrected chi connectivity index (χ0v) is 16.4. The van der Waals surface area contributed by atoms with E-state index in [4.69, 9.17) is 5.73 Å². The number of alkyl halides is 2. The number of nitrogens with two attached hydrogens (primary N) is 1. The summed E-state index contributed by atoms with van der Waals surface area (Å²) in [4.78, 5) is 12.7. The van der Waals surface area contributed by atoms with E-state index >= 15 is 0 Å². The Morgan fingerprint density at radius 3 is 2.35 bits per heavy atom. The van der Waals surface area contributed by atoms with Gasteiger partial charge < -0.3 is 16.0 Å². The minimum atomic E-state index is -2.36. The molecule has 0 bridgehead atoms. The molecule has 1 fully saturated rings. The van der Waals surface area contributed by atoms with Crippen molar-refractivity contribution in [1.82, 2.24) is 0 Å². The number of anilines is 3. The highest BCUT2D eigenvalue weighted by Crippen LogP contribution is 2.32. The molecule has 1 aromatic rings. The number of rotatable bonds is 3. The lowest BCUT2D eigenvalue weighted by Crippen LogP contribution is -2.22. The molecule has 0 saturated heterocycles. The lowest BCUT2D eigenvalue weighted by molar-refractivity contribution is -0.116. The molecular formula is C20H33F2N3O. The van der Waals surface area contributed by atoms with Gasteiger partial charge in [-0.2, -0.15) is 0 Å². The molecule has 148 valence electrons. The second-order valence-electron chi connectivity index (χ2n) is 7.13. The molecule has 1 saturated carbocycles. The summed E-state index contributed by atoms with van der Waals surface area (Å²) in [5, 5.41) is 3.14. The second-order valence-corrected chi connectivity index (χ2v) is 7.13. The molecule has 6 heteroatoms. The average molecular weight is 370 g/mol. The van der Waals surface area contributed by atoms with Gasteiger partial charge in [-0.1, -0.05) is 19.8 Å². The fraction of sp³-hybridized carbons (Fsp3) is 0.650. The number of nitrogens with zero attached hydrogens (tertiary/aromatic N) is 1. The number of nitrogen functional groups attached to an aromatic ring is 1. The largest absolute Gasteiger partial charge is 0.397 e. The van der Waals surface area contributed by atoms with Gasteiger partial charge in [0, 0.05) is 39.0 Å². The van der Waals surface area contributed by atoms with Crippen LogP contribution in [0.25, 0.3) is 0 Å². The molecule has 1 aliphatic rings. The van der Waals surface area contributed by atoms with Crippen molar-refractivity contribution in [2.45, 2.75) is 65.2 Å². The quantitative estimate of drug-likeness (QED) is 0.711. The highest BCUT2D eigenvalue weighted by Gasteiger charge is 2.29. The first-order valence-electron chi connectivity index (χ1n) is 9.41. The Kier molecular flexibility index (Phi) is 8.82. The van der Waals surface area contributed by atoms with Crippen LogP contribution in [0.1, 0.15) is 59.3 Å². The first kappa shape index (κ1) is 22.2. The summed E-state index contributed by atoms with van der Waals surface area (Å²) in [6, 6.07) is 5.54. The summed E-state index contributed by atoms with van der Waals surface area (Å²) >= 11 is 0. The predicted octanol–water partition coefficient (Wildman–Crippen LogP) is 5.30. The topological polar surface area (TPSA) is 58.4 Å². The predicted molar refractivity (Wildman–Crippen MR) is 106 cm³/mol. The van der Waals surface area contributed by atoms with Gasteiger partial charge in [0.1, 0.15) is 0 Å². The maximum absolute atomic E-state index is 12.8. The molecule has 0 radical (unpaired) electrons. The summed E-state index contributed by atoms with van der Waals surface area (Å²) in [5.74, 6) is -1.71. The van der Waals surface area contributed by atoms with Gasteiger partial charge in [-0.3, -0.25) is 4.79 Å². The highest BCUT2D eigenvalue weighted by molar-refractivity contribution is 5.92. The molecule has 3 N–H and O–H groups in total. The zero-order chi connectivity index (χ0) is 19.7. The van der Waals surface area contributed by atoms with E-state index in [1.165, 1.54) is 6.92 Å². The number of benzene rings is 1. The van der Waals surface area contributed by atoms with Crippen molar-refractivity contribution in [3.8, 4) is 0 Å². The Morgan fingerprint density at radius 2 is 1.88 bits per heavy atom. The minimum absolute atomic E-state index is 0.00870. The third-order valence-electron chi connectivity index (χ3n) is 4.74. The van der Waals surface area contributed by atoms with Crippen molar-refractivity contribution in [3.63, 3.8) is 0 Å². The molecule has 26 heavy (non-hydrogen) atoms. The Morgan fingerprint density at radius 1 is 1.31 bits per heavy atom. The SMILES string of the molecule is CC1CCCC(F)(F)CCC1.CCNc1ccc(N(C)C(C)=O)cc1N. The smallest absolute Gasteiger partial charge is 0.248 e. The van der Waals surface area contributed by atoms with Gasteiger partial charge in [0.25, 0.3) is 0 Å². The van der Waals surface area contributed by atoms with Crippen LogP contribution in [-0.4, -0.2) is 25.4 Å². The summed E-state index contributed by atoms with van der Waals surface area (Å²) < 4.78 is 25.5. The lowest BCUT2D eigenvalue weighted by Gasteiger charge is -2.21. The van der Waals surface area contributed by atoms with E-state index < -0.39 is 5.92 Å². The van der Waals surface area contributed by atoms with E-state index in [-0.39, 0.29) is 18.7 Å². The molecule has 0 aromatic heterocycles. The fourth-order valence-corrected chi connectivity index (χ4v) is 2.98. The van der Waals surface area contributed by atoms with Crippen molar-refractivity contribution in [3.05, 3.63) is 18.2 Å². The molecule has 2 rings (SSSR count). The van der Waals surface area contributed by atoms with Crippen LogP contribution in [0.5, 0.6) is 0 Å². The highest BCUT2D eigenvalue weighted by atomic mass is 19.3. The van der Waals surface area contributed by atoms with Gasteiger partial charge in [-0.15, -0.1) is 0 Å². The normalized spacial score (nSPS) is 17.3. The van der Waals surface area contributed by atoms with Crippen LogP contribution in [0, 0.1) is 5.92 Å². The molecule has 4 nitrogen and oxygen atoms in total. The standard InChI is InChI=1S/C11H17N3O.C9H16F2/c1-4-13-11-6-5-9(7-10(11)12)14(3)8(2)15;1-8-4-2-6-9(10,11)7-3-5-8/h5-7,13H,4,12H2,1-3H3;8H,2-7H2,1H3. The number of carbonyl (C=O) groups excluding carboxylic acids is 1. The Labute approximate surface area is 156 Å². The number of hydrogen-bond donors (Lipinski definition) is 2. The van der Waals surface area contributed by atoms with Crippen molar-refractivity contribution in [2.75, 3.05) is 29.5 Å². The molecule has 0 aliphatic heterocycles. The van der Waals surface area contributed by atoms with E-state index in [2.05, 4.69) is 12.2 Å². The molecule has 1 aromatic carbocycles. The lowest BCUT2D eigenvalue weighted by atomic mass is 9.91. The molecule has 0 spiro atoms. The average Bonchev–Trinajstić information content (AvgIpc) is 2.55. The zero-order valence-electron chi connectivity index (χ0n) is 16.4. The van der Waals surface area contributed by atoms with Crippen molar-refractivity contribution in [1.29, 1.82) is 0 Å². The van der Waals surface area contributed by atoms with E-state index in [0.717, 1.165) is 30.8 Å². The van der Waals surface area contributed by atoms with Crippen molar-refractivity contribution < 1.29 is 13.6 Å². The Bertz CT molecular complexity index is 566. The van der Waals surface area contributed by atoms with Gasteiger partial charge in [0.15, 0.2) is 0 Å². The maximum Gasteiger partial charge on any atom is 0.248 e. The number of carbonyl (C=O) groups is 1. The van der Waals surface area contributed by atoms with E-state index in [1.54, 1.807) is 18.0 Å². The van der Waals surface area contributed by atoms with Gasteiger partial charge >= 0.3 is 0 Å². The van der Waals surface area contributed by atoms with Gasteiger partial charge in [-0.25, -0.2) is 8.78 Å². The molecule has 1 amide bonds. The summed E-state index contributed by atoms with van der Waals surface area (Å²) in [5.41, 5.74) is 8.21. The first-order chi connectivity index (χ1) is 12.2. The summed E-state index contributed by atoms with van der Waals surface area (Å²) in [6.45, 7) is 6.51. The van der Waals surface area contributed by atoms with Crippen LogP contribution in [0.15, 0.2) is 18.2 Å². The molecule has 0 atom stereocenters. The Balaban J connectivity index is 0.000000273. The third kappa shape index (κ3) is 7.58. The number of hydrogen-bond acceptors (Lipinski definition) is 3. The maximum atomic E-state index is 12.8. The van der Waals surface area contributed by atoms with Crippen molar-refractivity contribution >= 4 is 23.0 Å². The molecular weight excluding hydrogens is 336 g/mol. The number of amides is 1. The summed E-state index contributed by atoms with van der Waals surface area (Å²) in [7, 11) is 1.73. The molecule has 0 heterocycles. The van der Waals surface area contributed by atoms with Gasteiger partial charge in [0.2, 0.25) is 11.8 Å². The van der Waals surface area contributed by atoms with Crippen LogP contribution in [0.4, 0.5) is 25.8 Å². The summed E-state index contributed by atoms with van der Waals surface area (Å²) in [6.07, 6.45) is 3.59.